The van der Waals surface area contributed by atoms with Crippen LogP contribution in [0.3, 0.4) is 0 Å². The van der Waals surface area contributed by atoms with Gasteiger partial charge >= 0.3 is 6.18 Å². The third-order valence-corrected chi connectivity index (χ3v) is 7.57. The van der Waals surface area contributed by atoms with Crippen molar-refractivity contribution in [1.29, 1.82) is 5.26 Å². The van der Waals surface area contributed by atoms with Gasteiger partial charge < -0.3 is 9.84 Å². The molecule has 3 aliphatic heterocycles. The summed E-state index contributed by atoms with van der Waals surface area (Å²) in [5, 5.41) is 18.2. The summed E-state index contributed by atoms with van der Waals surface area (Å²) in [5.74, 6) is -0.358. The minimum absolute atomic E-state index is 0.00499. The first-order valence-electron chi connectivity index (χ1n) is 7.64. The van der Waals surface area contributed by atoms with Crippen LogP contribution >= 0.6 is 10.8 Å². The van der Waals surface area contributed by atoms with Gasteiger partial charge in [0.05, 0.1) is 41.2 Å². The Balaban J connectivity index is 1.73. The summed E-state index contributed by atoms with van der Waals surface area (Å²) in [6.45, 7) is 0.0778. The van der Waals surface area contributed by atoms with Gasteiger partial charge in [-0.3, -0.25) is 13.4 Å². The predicted octanol–water partition coefficient (Wildman–Crippen LogP) is 2.58. The Morgan fingerprint density at radius 3 is 2.68 bits per heavy atom. The first kappa shape index (κ1) is 16.9. The minimum Gasteiger partial charge on any atom is -0.390 e. The molecule has 3 heterocycles. The Hall–Kier alpha value is -1.51. The van der Waals surface area contributed by atoms with E-state index in [0.29, 0.717) is 0 Å². The van der Waals surface area contributed by atoms with Crippen molar-refractivity contribution in [3.8, 4) is 6.07 Å². The van der Waals surface area contributed by atoms with Crippen LogP contribution in [0, 0.1) is 17.2 Å². The van der Waals surface area contributed by atoms with Crippen molar-refractivity contribution < 1.29 is 32.1 Å². The van der Waals surface area contributed by atoms with E-state index in [0.717, 1.165) is 12.1 Å². The highest BCUT2D eigenvalue weighted by molar-refractivity contribution is 8.26. The van der Waals surface area contributed by atoms with E-state index in [4.69, 9.17) is 10.00 Å². The lowest BCUT2D eigenvalue weighted by Gasteiger charge is -2.43. The van der Waals surface area contributed by atoms with Crippen molar-refractivity contribution in [2.75, 3.05) is 10.8 Å². The summed E-state index contributed by atoms with van der Waals surface area (Å²) in [6, 6.07) is 4.58. The van der Waals surface area contributed by atoms with E-state index >= 15 is 0 Å². The average Bonchev–Trinajstić information content (AvgIpc) is 3.15. The molecule has 1 aromatic carbocycles. The molecule has 4 rings (SSSR count). The summed E-state index contributed by atoms with van der Waals surface area (Å²) in [6.07, 6.45) is -6.19. The van der Waals surface area contributed by atoms with Gasteiger partial charge in [-0.25, -0.2) is 0 Å². The number of hydrogen-bond acceptors (Lipinski definition) is 6. The number of aliphatic hydroxyl groups is 1. The largest absolute Gasteiger partial charge is 0.417 e. The Kier molecular flexibility index (Phi) is 3.55. The maximum atomic E-state index is 13.2. The maximum absolute atomic E-state index is 13.2. The fourth-order valence-electron chi connectivity index (χ4n) is 4.15. The Morgan fingerprint density at radius 1 is 1.32 bits per heavy atom. The Morgan fingerprint density at radius 2 is 2.04 bits per heavy atom. The molecule has 0 amide bonds. The van der Waals surface area contributed by atoms with Gasteiger partial charge in [0.1, 0.15) is 5.25 Å². The van der Waals surface area contributed by atoms with E-state index in [1.165, 1.54) is 16.4 Å². The van der Waals surface area contributed by atoms with Gasteiger partial charge in [0, 0.05) is 18.9 Å². The fraction of sp³-hybridized carbons (Fsp3) is 0.533. The molecule has 136 valence electrons. The van der Waals surface area contributed by atoms with Gasteiger partial charge in [-0.1, -0.05) is 0 Å². The standard InChI is InChI=1S/C15H15F3N2O4S/c16-15(17,18)10-3-8(2-1-7(10)5-19)20-6-9-13-11(21)4-12(24-13)14(9)25(20,22)23/h1-3,9,11-14,21-23H,4,6H2/t9-,11+,12+,13+,14-/m0/s1. The number of nitrogens with zero attached hydrogens (tertiary/aromatic N) is 2. The molecule has 3 fully saturated rings. The molecule has 0 aliphatic carbocycles. The number of aliphatic hydroxyl groups excluding tert-OH is 1. The van der Waals surface area contributed by atoms with Gasteiger partial charge in [0.2, 0.25) is 0 Å². The highest BCUT2D eigenvalue weighted by Crippen LogP contribution is 2.65. The normalized spacial score (nSPS) is 37.0. The number of halogens is 3. The summed E-state index contributed by atoms with van der Waals surface area (Å²) < 4.78 is 67.6. The lowest BCUT2D eigenvalue weighted by atomic mass is 9.87. The second-order valence-corrected chi connectivity index (χ2v) is 8.64. The zero-order valence-corrected chi connectivity index (χ0v) is 13.5. The van der Waals surface area contributed by atoms with Crippen LogP contribution in [0.1, 0.15) is 17.5 Å². The molecule has 3 saturated heterocycles. The van der Waals surface area contributed by atoms with Gasteiger partial charge in [-0.15, -0.1) is 10.8 Å². The van der Waals surface area contributed by atoms with Crippen LogP contribution in [0.5, 0.6) is 0 Å². The number of fused-ring (bicyclic) bond motifs is 5. The molecular formula is C15H15F3N2O4S. The van der Waals surface area contributed by atoms with Crippen LogP contribution in [0.4, 0.5) is 18.9 Å². The van der Waals surface area contributed by atoms with Crippen LogP contribution in [-0.2, 0) is 10.9 Å². The molecule has 0 unspecified atom stereocenters. The van der Waals surface area contributed by atoms with Crippen molar-refractivity contribution in [2.24, 2.45) is 5.92 Å². The number of nitriles is 1. The molecule has 0 spiro atoms. The van der Waals surface area contributed by atoms with Crippen molar-refractivity contribution >= 4 is 16.5 Å². The van der Waals surface area contributed by atoms with Gasteiger partial charge in [0.25, 0.3) is 0 Å². The lowest BCUT2D eigenvalue weighted by molar-refractivity contribution is -0.137. The Bertz CT molecular complexity index is 766. The SMILES string of the molecule is N#Cc1ccc(N2C[C@H]3[C@H]4O[C@H](C[C@H]4O)[C@H]3S2(O)O)cc1C(F)(F)F. The van der Waals surface area contributed by atoms with Crippen molar-refractivity contribution in [3.63, 3.8) is 0 Å². The second-order valence-electron chi connectivity index (χ2n) is 6.53. The monoisotopic (exact) mass is 376 g/mol. The number of rotatable bonds is 1. The quantitative estimate of drug-likeness (QED) is 0.697. The minimum atomic E-state index is -4.72. The van der Waals surface area contributed by atoms with Crippen molar-refractivity contribution in [2.45, 2.75) is 36.2 Å². The topological polar surface area (TPSA) is 97.0 Å². The lowest BCUT2D eigenvalue weighted by Crippen LogP contribution is -2.39. The van der Waals surface area contributed by atoms with E-state index in [2.05, 4.69) is 0 Å². The third kappa shape index (κ3) is 2.34. The molecule has 10 heteroatoms. The smallest absolute Gasteiger partial charge is 0.390 e. The van der Waals surface area contributed by atoms with E-state index in [-0.39, 0.29) is 24.6 Å². The molecule has 2 bridgehead atoms. The first-order chi connectivity index (χ1) is 11.6. The highest BCUT2D eigenvalue weighted by atomic mass is 32.3. The van der Waals surface area contributed by atoms with Gasteiger partial charge in [-0.05, 0) is 18.2 Å². The van der Waals surface area contributed by atoms with Crippen molar-refractivity contribution in [1.82, 2.24) is 0 Å². The number of benzene rings is 1. The summed E-state index contributed by atoms with van der Waals surface area (Å²) in [5.41, 5.74) is -1.64. The molecule has 3 aliphatic rings. The van der Waals surface area contributed by atoms with Crippen molar-refractivity contribution in [3.05, 3.63) is 29.3 Å². The molecule has 6 nitrogen and oxygen atoms in total. The second kappa shape index (κ2) is 5.25. The number of hydrogen-bond donors (Lipinski definition) is 3. The van der Waals surface area contributed by atoms with Crippen LogP contribution in [0.25, 0.3) is 0 Å². The molecule has 25 heavy (non-hydrogen) atoms. The van der Waals surface area contributed by atoms with Crippen LogP contribution in [-0.4, -0.2) is 44.3 Å². The summed E-state index contributed by atoms with van der Waals surface area (Å²) >= 11 is 0. The van der Waals surface area contributed by atoms with E-state index in [9.17, 15) is 27.4 Å². The molecular weight excluding hydrogens is 361 g/mol. The van der Waals surface area contributed by atoms with E-state index < -0.39 is 51.6 Å². The Labute approximate surface area is 142 Å². The van der Waals surface area contributed by atoms with Crippen LogP contribution in [0.2, 0.25) is 0 Å². The number of anilines is 1. The fourth-order valence-corrected chi connectivity index (χ4v) is 6.56. The average molecular weight is 376 g/mol. The summed E-state index contributed by atoms with van der Waals surface area (Å²) in [7, 11) is -3.41. The molecule has 0 saturated carbocycles. The third-order valence-electron chi connectivity index (χ3n) is 5.18. The highest BCUT2D eigenvalue weighted by Gasteiger charge is 2.64. The molecule has 5 atom stereocenters. The zero-order valence-electron chi connectivity index (χ0n) is 12.7. The summed E-state index contributed by atoms with van der Waals surface area (Å²) in [4.78, 5) is 0. The molecule has 3 N–H and O–H groups in total. The maximum Gasteiger partial charge on any atom is 0.417 e. The van der Waals surface area contributed by atoms with Gasteiger partial charge in [-0.2, -0.15) is 18.4 Å². The van der Waals surface area contributed by atoms with Gasteiger partial charge in [0.15, 0.2) is 0 Å². The molecule has 0 aromatic heterocycles. The molecule has 0 radical (unpaired) electrons. The first-order valence-corrected chi connectivity index (χ1v) is 9.21. The molecule has 1 aromatic rings. The van der Waals surface area contributed by atoms with Crippen LogP contribution in [0.15, 0.2) is 18.2 Å². The predicted molar refractivity (Wildman–Crippen MR) is 82.9 cm³/mol. The number of ether oxygens (including phenoxy) is 1. The zero-order chi connectivity index (χ0) is 18.1. The van der Waals surface area contributed by atoms with E-state index in [1.807, 2.05) is 0 Å². The number of alkyl halides is 3. The van der Waals surface area contributed by atoms with E-state index in [1.54, 1.807) is 0 Å². The van der Waals surface area contributed by atoms with Crippen LogP contribution < -0.4 is 4.31 Å².